The summed E-state index contributed by atoms with van der Waals surface area (Å²) >= 11 is 0. The maximum absolute atomic E-state index is 6.25. The highest BCUT2D eigenvalue weighted by Gasteiger charge is 2.42. The summed E-state index contributed by atoms with van der Waals surface area (Å²) in [6, 6.07) is 0.419. The first-order chi connectivity index (χ1) is 8.54. The second-order valence-corrected chi connectivity index (χ2v) is 5.97. The van der Waals surface area contributed by atoms with Crippen LogP contribution in [0.25, 0.3) is 0 Å². The molecule has 1 aliphatic carbocycles. The molecule has 0 aliphatic heterocycles. The van der Waals surface area contributed by atoms with Crippen LogP contribution in [0.4, 0.5) is 0 Å². The van der Waals surface area contributed by atoms with Gasteiger partial charge in [-0.15, -0.1) is 6.58 Å². The summed E-state index contributed by atoms with van der Waals surface area (Å²) in [4.78, 5) is 0. The molecule has 0 aromatic heterocycles. The van der Waals surface area contributed by atoms with Crippen LogP contribution in [0.2, 0.25) is 0 Å². The normalized spacial score (nSPS) is 30.1. The molecule has 0 bridgehead atoms. The van der Waals surface area contributed by atoms with Gasteiger partial charge in [-0.2, -0.15) is 0 Å². The Kier molecular flexibility index (Phi) is 6.37. The van der Waals surface area contributed by atoms with Crippen molar-refractivity contribution in [1.82, 2.24) is 5.32 Å². The van der Waals surface area contributed by atoms with Gasteiger partial charge in [-0.1, -0.05) is 32.3 Å². The van der Waals surface area contributed by atoms with Crippen molar-refractivity contribution < 1.29 is 4.74 Å². The van der Waals surface area contributed by atoms with E-state index in [-0.39, 0.29) is 5.60 Å². The zero-order valence-electron chi connectivity index (χ0n) is 12.7. The minimum absolute atomic E-state index is 0.0291. The smallest absolute Gasteiger partial charge is 0.0840 e. The summed E-state index contributed by atoms with van der Waals surface area (Å²) < 4.78 is 6.25. The monoisotopic (exact) mass is 253 g/mol. The average Bonchev–Trinajstić information content (AvgIpc) is 2.28. The van der Waals surface area contributed by atoms with Crippen LogP contribution in [0.1, 0.15) is 59.8 Å². The van der Waals surface area contributed by atoms with E-state index in [2.05, 4.69) is 39.6 Å². The summed E-state index contributed by atoms with van der Waals surface area (Å²) in [6.45, 7) is 14.7. The van der Waals surface area contributed by atoms with Crippen LogP contribution in [0.5, 0.6) is 0 Å². The van der Waals surface area contributed by atoms with E-state index in [1.54, 1.807) is 0 Å². The third kappa shape index (κ3) is 4.10. The molecule has 0 aromatic rings. The van der Waals surface area contributed by atoms with E-state index in [4.69, 9.17) is 4.74 Å². The number of rotatable bonds is 7. The fraction of sp³-hybridized carbons (Fsp3) is 0.875. The molecule has 0 radical (unpaired) electrons. The van der Waals surface area contributed by atoms with Crippen molar-refractivity contribution >= 4 is 0 Å². The highest BCUT2D eigenvalue weighted by Crippen LogP contribution is 2.39. The molecule has 0 spiro atoms. The van der Waals surface area contributed by atoms with Gasteiger partial charge in [-0.3, -0.25) is 0 Å². The van der Waals surface area contributed by atoms with Crippen molar-refractivity contribution in [3.63, 3.8) is 0 Å². The lowest BCUT2D eigenvalue weighted by molar-refractivity contribution is -0.0998. The summed E-state index contributed by atoms with van der Waals surface area (Å²) in [5.41, 5.74) is 1.28. The van der Waals surface area contributed by atoms with Crippen molar-refractivity contribution in [3.8, 4) is 0 Å². The van der Waals surface area contributed by atoms with E-state index in [0.717, 1.165) is 25.5 Å². The SMILES string of the molecule is C=C(C)CC(NCC)C1(OCC)CCCC(C)C1. The Bertz CT molecular complexity index is 260. The third-order valence-corrected chi connectivity index (χ3v) is 4.06. The number of hydrogen-bond acceptors (Lipinski definition) is 2. The van der Waals surface area contributed by atoms with E-state index in [1.165, 1.54) is 31.3 Å². The summed E-state index contributed by atoms with van der Waals surface area (Å²) in [5, 5.41) is 3.64. The van der Waals surface area contributed by atoms with Gasteiger partial charge in [-0.25, -0.2) is 0 Å². The van der Waals surface area contributed by atoms with Gasteiger partial charge in [0.05, 0.1) is 5.60 Å². The van der Waals surface area contributed by atoms with Crippen molar-refractivity contribution in [2.75, 3.05) is 13.2 Å². The van der Waals surface area contributed by atoms with Gasteiger partial charge in [0, 0.05) is 12.6 Å². The molecule has 0 aromatic carbocycles. The molecule has 106 valence electrons. The highest BCUT2D eigenvalue weighted by molar-refractivity contribution is 5.04. The van der Waals surface area contributed by atoms with Crippen LogP contribution >= 0.6 is 0 Å². The Hall–Kier alpha value is -0.340. The highest BCUT2D eigenvalue weighted by atomic mass is 16.5. The van der Waals surface area contributed by atoms with Crippen molar-refractivity contribution in [3.05, 3.63) is 12.2 Å². The van der Waals surface area contributed by atoms with Crippen LogP contribution in [-0.2, 0) is 4.74 Å². The number of hydrogen-bond donors (Lipinski definition) is 1. The molecule has 1 aliphatic rings. The van der Waals surface area contributed by atoms with Crippen LogP contribution in [0.3, 0.4) is 0 Å². The van der Waals surface area contributed by atoms with Gasteiger partial charge in [0.25, 0.3) is 0 Å². The molecule has 0 amide bonds. The number of nitrogens with one attached hydrogen (secondary N) is 1. The maximum Gasteiger partial charge on any atom is 0.0840 e. The van der Waals surface area contributed by atoms with E-state index < -0.39 is 0 Å². The quantitative estimate of drug-likeness (QED) is 0.694. The van der Waals surface area contributed by atoms with Gasteiger partial charge in [-0.05, 0) is 45.6 Å². The Balaban J connectivity index is 2.86. The number of ether oxygens (including phenoxy) is 1. The van der Waals surface area contributed by atoms with Crippen LogP contribution in [0, 0.1) is 5.92 Å². The zero-order chi connectivity index (χ0) is 13.6. The van der Waals surface area contributed by atoms with Gasteiger partial charge >= 0.3 is 0 Å². The molecule has 1 rings (SSSR count). The van der Waals surface area contributed by atoms with Crippen molar-refractivity contribution in [1.29, 1.82) is 0 Å². The second kappa shape index (κ2) is 7.30. The second-order valence-electron chi connectivity index (χ2n) is 5.97. The van der Waals surface area contributed by atoms with Gasteiger partial charge in [0.1, 0.15) is 0 Å². The molecule has 3 unspecified atom stereocenters. The molecule has 18 heavy (non-hydrogen) atoms. The predicted octanol–water partition coefficient (Wildman–Crippen LogP) is 3.92. The minimum Gasteiger partial charge on any atom is -0.374 e. The van der Waals surface area contributed by atoms with Crippen molar-refractivity contribution in [2.45, 2.75) is 71.4 Å². The molecule has 1 fully saturated rings. The Morgan fingerprint density at radius 1 is 1.50 bits per heavy atom. The first-order valence-electron chi connectivity index (χ1n) is 7.55. The largest absolute Gasteiger partial charge is 0.374 e. The standard InChI is InChI=1S/C16H31NO/c1-6-17-15(11-13(3)4)16(18-7-2)10-8-9-14(5)12-16/h14-15,17H,3,6-12H2,1-2,4-5H3. The predicted molar refractivity (Wildman–Crippen MR) is 78.9 cm³/mol. The topological polar surface area (TPSA) is 21.3 Å². The molecule has 2 nitrogen and oxygen atoms in total. The fourth-order valence-electron chi connectivity index (χ4n) is 3.42. The summed E-state index contributed by atoms with van der Waals surface area (Å²) in [6.07, 6.45) is 6.04. The summed E-state index contributed by atoms with van der Waals surface area (Å²) in [7, 11) is 0. The molecule has 0 saturated heterocycles. The molecule has 1 N–H and O–H groups in total. The molecule has 3 atom stereocenters. The Morgan fingerprint density at radius 3 is 2.72 bits per heavy atom. The third-order valence-electron chi connectivity index (χ3n) is 4.06. The van der Waals surface area contributed by atoms with E-state index >= 15 is 0 Å². The molecule has 2 heteroatoms. The maximum atomic E-state index is 6.25. The van der Waals surface area contributed by atoms with Gasteiger partial charge in [0.15, 0.2) is 0 Å². The van der Waals surface area contributed by atoms with E-state index in [1.807, 2.05) is 0 Å². The van der Waals surface area contributed by atoms with Gasteiger partial charge < -0.3 is 10.1 Å². The summed E-state index contributed by atoms with van der Waals surface area (Å²) in [5.74, 6) is 0.775. The molecule has 0 heterocycles. The first-order valence-corrected chi connectivity index (χ1v) is 7.55. The van der Waals surface area contributed by atoms with E-state index in [0.29, 0.717) is 6.04 Å². The molecular weight excluding hydrogens is 222 g/mol. The minimum atomic E-state index is 0.0291. The van der Waals surface area contributed by atoms with Gasteiger partial charge in [0.2, 0.25) is 0 Å². The van der Waals surface area contributed by atoms with E-state index in [9.17, 15) is 0 Å². The number of likely N-dealkylation sites (N-methyl/N-ethyl adjacent to an activating group) is 1. The Morgan fingerprint density at radius 2 is 2.22 bits per heavy atom. The van der Waals surface area contributed by atoms with Crippen LogP contribution in [-0.4, -0.2) is 24.8 Å². The zero-order valence-corrected chi connectivity index (χ0v) is 12.7. The molecule has 1 saturated carbocycles. The van der Waals surface area contributed by atoms with Crippen LogP contribution in [0.15, 0.2) is 12.2 Å². The fourth-order valence-corrected chi connectivity index (χ4v) is 3.42. The molecular formula is C16H31NO. The van der Waals surface area contributed by atoms with Crippen molar-refractivity contribution in [2.24, 2.45) is 5.92 Å². The lowest BCUT2D eigenvalue weighted by atomic mass is 9.73. The Labute approximate surface area is 113 Å². The lowest BCUT2D eigenvalue weighted by Gasteiger charge is -2.46. The average molecular weight is 253 g/mol. The lowest BCUT2D eigenvalue weighted by Crippen LogP contribution is -2.55. The van der Waals surface area contributed by atoms with Crippen LogP contribution < -0.4 is 5.32 Å². The first kappa shape index (κ1) is 15.7.